The van der Waals surface area contributed by atoms with Crippen LogP contribution in [0.3, 0.4) is 0 Å². The molecule has 0 unspecified atom stereocenters. The summed E-state index contributed by atoms with van der Waals surface area (Å²) in [7, 11) is 0. The molecule has 0 bridgehead atoms. The average molecular weight is 912 g/mol. The van der Waals surface area contributed by atoms with Crippen LogP contribution in [0.1, 0.15) is 0 Å². The van der Waals surface area contributed by atoms with E-state index in [1.165, 1.54) is 47.4 Å². The van der Waals surface area contributed by atoms with Gasteiger partial charge in [0.15, 0.2) is 17.5 Å². The first-order valence-corrected chi connectivity index (χ1v) is 24.3. The van der Waals surface area contributed by atoms with Gasteiger partial charge >= 0.3 is 0 Å². The van der Waals surface area contributed by atoms with Crippen LogP contribution in [0.25, 0.3) is 142 Å². The second kappa shape index (κ2) is 15.2. The zero-order valence-corrected chi connectivity index (χ0v) is 38.2. The predicted octanol–water partition coefficient (Wildman–Crippen LogP) is 17.0. The molecule has 0 atom stereocenters. The van der Waals surface area contributed by atoms with E-state index in [0.29, 0.717) is 17.5 Å². The molecule has 0 aliphatic carbocycles. The van der Waals surface area contributed by atoms with Gasteiger partial charge in [0.1, 0.15) is 11.2 Å². The Morgan fingerprint density at radius 2 is 0.871 bits per heavy atom. The lowest BCUT2D eigenvalue weighted by molar-refractivity contribution is 0.670. The van der Waals surface area contributed by atoms with Gasteiger partial charge in [0, 0.05) is 86.1 Å². The summed E-state index contributed by atoms with van der Waals surface area (Å²) in [6.07, 6.45) is 0. The topological polar surface area (TPSA) is 61.7 Å². The molecular weight excluding hydrogens is 875 g/mol. The second-order valence-electron chi connectivity index (χ2n) is 17.9. The van der Waals surface area contributed by atoms with Gasteiger partial charge in [-0.1, -0.05) is 152 Å². The van der Waals surface area contributed by atoms with Crippen molar-refractivity contribution in [1.29, 1.82) is 0 Å². The molecule has 0 saturated carbocycles. The van der Waals surface area contributed by atoms with Crippen LogP contribution in [0.2, 0.25) is 0 Å². The first-order chi connectivity index (χ1) is 34.7. The summed E-state index contributed by atoms with van der Waals surface area (Å²) in [6, 6.07) is 79.6. The van der Waals surface area contributed by atoms with Crippen LogP contribution in [-0.2, 0) is 0 Å². The lowest BCUT2D eigenvalue weighted by atomic mass is 10.0. The zero-order chi connectivity index (χ0) is 45.9. The molecule has 7 heteroatoms. The number of fused-ring (bicyclic) bond motifs is 12. The summed E-state index contributed by atoms with van der Waals surface area (Å²) in [5.74, 6) is 1.77. The number of rotatable bonds is 6. The van der Waals surface area contributed by atoms with Gasteiger partial charge in [0.25, 0.3) is 0 Å². The van der Waals surface area contributed by atoms with Crippen molar-refractivity contribution in [3.05, 3.63) is 224 Å². The molecule has 5 heterocycles. The molecule has 0 amide bonds. The van der Waals surface area contributed by atoms with Crippen molar-refractivity contribution >= 4 is 97.1 Å². The van der Waals surface area contributed by atoms with Gasteiger partial charge in [-0.3, -0.25) is 0 Å². The SMILES string of the molecule is c1ccc(-c2cccc3c2oc2cc(-c4nc(-c5cccc(-n6c7ccccc7c7cc8c(cc76)c6ccccc6n8-c6ccccc6)c5)nc(-c5cccc6sc7ccccc7c56)n4)ccc23)cc1. The van der Waals surface area contributed by atoms with E-state index in [2.05, 4.69) is 228 Å². The highest BCUT2D eigenvalue weighted by Crippen LogP contribution is 2.43. The Morgan fingerprint density at radius 3 is 1.63 bits per heavy atom. The fourth-order valence-electron chi connectivity index (χ4n) is 10.8. The number of benzene rings is 10. The molecule has 70 heavy (non-hydrogen) atoms. The van der Waals surface area contributed by atoms with Gasteiger partial charge in [0.05, 0.1) is 22.1 Å². The Balaban J connectivity index is 0.942. The van der Waals surface area contributed by atoms with Crippen LogP contribution in [-0.4, -0.2) is 24.1 Å². The van der Waals surface area contributed by atoms with Crippen molar-refractivity contribution < 1.29 is 4.42 Å². The summed E-state index contributed by atoms with van der Waals surface area (Å²) in [4.78, 5) is 16.0. The van der Waals surface area contributed by atoms with E-state index in [0.717, 1.165) is 77.6 Å². The summed E-state index contributed by atoms with van der Waals surface area (Å²) >= 11 is 1.79. The average Bonchev–Trinajstić information content (AvgIpc) is 4.18. The monoisotopic (exact) mass is 911 g/mol. The Bertz CT molecular complexity index is 4600. The maximum atomic E-state index is 6.75. The molecule has 0 aliphatic rings. The zero-order valence-electron chi connectivity index (χ0n) is 37.4. The van der Waals surface area contributed by atoms with Crippen molar-refractivity contribution in [2.45, 2.75) is 0 Å². The molecule has 0 aliphatic heterocycles. The number of nitrogens with zero attached hydrogens (tertiary/aromatic N) is 5. The Morgan fingerprint density at radius 1 is 0.329 bits per heavy atom. The molecule has 6 nitrogen and oxygen atoms in total. The third-order valence-electron chi connectivity index (χ3n) is 14.0. The molecule has 0 radical (unpaired) electrons. The van der Waals surface area contributed by atoms with Crippen molar-refractivity contribution in [1.82, 2.24) is 24.1 Å². The minimum absolute atomic E-state index is 0.571. The first kappa shape index (κ1) is 38.9. The van der Waals surface area contributed by atoms with Crippen LogP contribution in [0.4, 0.5) is 0 Å². The Hall–Kier alpha value is -9.17. The van der Waals surface area contributed by atoms with Crippen molar-refractivity contribution in [3.8, 4) is 56.7 Å². The number of furan rings is 1. The van der Waals surface area contributed by atoms with Crippen LogP contribution in [0.5, 0.6) is 0 Å². The smallest absolute Gasteiger partial charge is 0.164 e. The number of hydrogen-bond acceptors (Lipinski definition) is 5. The molecule has 10 aromatic carbocycles. The highest BCUT2D eigenvalue weighted by molar-refractivity contribution is 7.25. The van der Waals surface area contributed by atoms with Gasteiger partial charge in [0.2, 0.25) is 0 Å². The number of thiophene rings is 1. The lowest BCUT2D eigenvalue weighted by Crippen LogP contribution is -2.01. The summed E-state index contributed by atoms with van der Waals surface area (Å²) in [6.45, 7) is 0. The van der Waals surface area contributed by atoms with Crippen LogP contribution >= 0.6 is 11.3 Å². The maximum Gasteiger partial charge on any atom is 0.164 e. The predicted molar refractivity (Wildman–Crippen MR) is 290 cm³/mol. The van der Waals surface area contributed by atoms with E-state index in [1.807, 2.05) is 6.07 Å². The normalized spacial score (nSPS) is 12.0. The van der Waals surface area contributed by atoms with E-state index in [9.17, 15) is 0 Å². The van der Waals surface area contributed by atoms with Gasteiger partial charge < -0.3 is 13.6 Å². The lowest BCUT2D eigenvalue weighted by Gasteiger charge is -2.12. The molecular formula is C63H37N5OS. The summed E-state index contributed by atoms with van der Waals surface area (Å²) in [5, 5.41) is 9.23. The van der Waals surface area contributed by atoms with Crippen molar-refractivity contribution in [3.63, 3.8) is 0 Å². The highest BCUT2D eigenvalue weighted by Gasteiger charge is 2.22. The van der Waals surface area contributed by atoms with Crippen molar-refractivity contribution in [2.24, 2.45) is 0 Å². The van der Waals surface area contributed by atoms with E-state index in [4.69, 9.17) is 19.4 Å². The molecule has 326 valence electrons. The Kier molecular flexibility index (Phi) is 8.43. The van der Waals surface area contributed by atoms with E-state index in [1.54, 1.807) is 11.3 Å². The molecule has 0 spiro atoms. The van der Waals surface area contributed by atoms with Crippen LogP contribution in [0.15, 0.2) is 229 Å². The minimum Gasteiger partial charge on any atom is -0.455 e. The molecule has 15 rings (SSSR count). The standard InChI is InChI=1S/C63H37N5OS/c1-3-16-38(17-4-1)43-25-14-26-47-46-33-32-40(35-56(46)69-60(43)47)62-64-61(65-63(66-62)49-27-15-31-58-59(49)48-24-9-12-30-57(48)70-58)39-18-13-21-42(34-39)68-53-29-11-8-23-45(53)51-36-54-50(37-55(51)68)44-22-7-10-28-52(44)67(54)41-19-5-2-6-20-41/h1-37H. The molecule has 15 aromatic rings. The number of para-hydroxylation sites is 4. The number of hydrogen-bond donors (Lipinski definition) is 0. The van der Waals surface area contributed by atoms with Gasteiger partial charge in [-0.05, 0) is 78.4 Å². The fraction of sp³-hybridized carbons (Fsp3) is 0. The third kappa shape index (κ3) is 5.89. The van der Waals surface area contributed by atoms with E-state index < -0.39 is 0 Å². The highest BCUT2D eigenvalue weighted by atomic mass is 32.1. The largest absolute Gasteiger partial charge is 0.455 e. The van der Waals surface area contributed by atoms with E-state index in [-0.39, 0.29) is 0 Å². The molecule has 0 N–H and O–H groups in total. The summed E-state index contributed by atoms with van der Waals surface area (Å²) < 4.78 is 14.0. The number of aromatic nitrogens is 5. The first-order valence-electron chi connectivity index (χ1n) is 23.5. The molecule has 0 saturated heterocycles. The molecule has 0 fully saturated rings. The quantitative estimate of drug-likeness (QED) is 0.167. The molecule has 5 aromatic heterocycles. The third-order valence-corrected chi connectivity index (χ3v) is 15.1. The van der Waals surface area contributed by atoms with Crippen molar-refractivity contribution in [2.75, 3.05) is 0 Å². The van der Waals surface area contributed by atoms with Crippen LogP contribution < -0.4 is 0 Å². The van der Waals surface area contributed by atoms with Crippen LogP contribution in [0, 0.1) is 0 Å². The maximum absolute atomic E-state index is 6.75. The van der Waals surface area contributed by atoms with Gasteiger partial charge in [-0.2, -0.15) is 0 Å². The fourth-order valence-corrected chi connectivity index (χ4v) is 12.0. The second-order valence-corrected chi connectivity index (χ2v) is 19.0. The van der Waals surface area contributed by atoms with Gasteiger partial charge in [-0.25, -0.2) is 15.0 Å². The Labute approximate surface area is 404 Å². The summed E-state index contributed by atoms with van der Waals surface area (Å²) in [5.41, 5.74) is 13.3. The van der Waals surface area contributed by atoms with E-state index >= 15 is 0 Å². The minimum atomic E-state index is 0.571. The van der Waals surface area contributed by atoms with Gasteiger partial charge in [-0.15, -0.1) is 11.3 Å².